The molecule has 3 nitrogen and oxygen atoms in total. The summed E-state index contributed by atoms with van der Waals surface area (Å²) in [4.78, 5) is 10.5. The molecular weight excluding hydrogens is 152 g/mol. The molecule has 0 saturated carbocycles. The molecule has 1 atom stereocenters. The number of nitrogens with two attached hydrogens (primary N) is 1. The zero-order valence-electron chi connectivity index (χ0n) is 8.05. The molecule has 0 saturated heterocycles. The Kier molecular flexibility index (Phi) is 5.37. The van der Waals surface area contributed by atoms with Crippen LogP contribution in [0.25, 0.3) is 0 Å². The molecule has 0 aliphatic rings. The lowest BCUT2D eigenvalue weighted by Gasteiger charge is -2.09. The van der Waals surface area contributed by atoms with Gasteiger partial charge in [0, 0.05) is 19.0 Å². The first-order valence-corrected chi connectivity index (χ1v) is 4.17. The van der Waals surface area contributed by atoms with Crippen molar-refractivity contribution >= 4 is 5.91 Å². The van der Waals surface area contributed by atoms with Gasteiger partial charge in [-0.25, -0.2) is 0 Å². The Hall–Kier alpha value is -0.830. The molecule has 1 unspecified atom stereocenters. The molecule has 0 spiro atoms. The van der Waals surface area contributed by atoms with Crippen molar-refractivity contribution < 1.29 is 4.79 Å². The predicted octanol–water partition coefficient (Wildman–Crippen LogP) is 0.806. The number of carbonyl (C=O) groups is 1. The lowest BCUT2D eigenvalue weighted by atomic mass is 10.2. The van der Waals surface area contributed by atoms with Crippen molar-refractivity contribution in [3.05, 3.63) is 11.6 Å². The second kappa shape index (κ2) is 5.77. The van der Waals surface area contributed by atoms with Gasteiger partial charge in [-0.3, -0.25) is 4.79 Å². The van der Waals surface area contributed by atoms with Crippen LogP contribution in [-0.4, -0.2) is 18.5 Å². The summed E-state index contributed by atoms with van der Waals surface area (Å²) >= 11 is 0. The standard InChI is InChI=1S/C9H18N2O/c1-7(2)4-5-11-8(3)6-9(10)12/h4,8,11H,5-6H2,1-3H3,(H2,10,12). The fraction of sp³-hybridized carbons (Fsp3) is 0.667. The van der Waals surface area contributed by atoms with E-state index >= 15 is 0 Å². The maximum atomic E-state index is 10.5. The summed E-state index contributed by atoms with van der Waals surface area (Å²) < 4.78 is 0. The summed E-state index contributed by atoms with van der Waals surface area (Å²) in [6.07, 6.45) is 2.48. The highest BCUT2D eigenvalue weighted by Gasteiger charge is 2.02. The lowest BCUT2D eigenvalue weighted by Crippen LogP contribution is -2.31. The SMILES string of the molecule is CC(C)=CCNC(C)CC(N)=O. The molecule has 70 valence electrons. The third kappa shape index (κ3) is 7.28. The second-order valence-corrected chi connectivity index (χ2v) is 3.26. The average Bonchev–Trinajstić information content (AvgIpc) is 1.84. The van der Waals surface area contributed by atoms with Crippen LogP contribution < -0.4 is 11.1 Å². The molecule has 0 aromatic heterocycles. The van der Waals surface area contributed by atoms with E-state index in [1.807, 2.05) is 20.8 Å². The number of carbonyl (C=O) groups excluding carboxylic acids is 1. The highest BCUT2D eigenvalue weighted by atomic mass is 16.1. The van der Waals surface area contributed by atoms with E-state index in [2.05, 4.69) is 11.4 Å². The molecule has 0 heterocycles. The number of nitrogens with one attached hydrogen (secondary N) is 1. The molecule has 0 bridgehead atoms. The van der Waals surface area contributed by atoms with Crippen LogP contribution in [0.2, 0.25) is 0 Å². The van der Waals surface area contributed by atoms with Gasteiger partial charge in [0.2, 0.25) is 5.91 Å². The Bertz CT molecular complexity index is 171. The Morgan fingerprint density at radius 1 is 1.58 bits per heavy atom. The summed E-state index contributed by atoms with van der Waals surface area (Å²) in [5, 5.41) is 3.17. The van der Waals surface area contributed by atoms with Gasteiger partial charge < -0.3 is 11.1 Å². The van der Waals surface area contributed by atoms with Crippen LogP contribution in [0.3, 0.4) is 0 Å². The molecule has 0 aromatic rings. The first-order chi connectivity index (χ1) is 5.52. The van der Waals surface area contributed by atoms with E-state index in [0.29, 0.717) is 6.42 Å². The van der Waals surface area contributed by atoms with E-state index in [9.17, 15) is 4.79 Å². The topological polar surface area (TPSA) is 55.1 Å². The van der Waals surface area contributed by atoms with Crippen LogP contribution in [-0.2, 0) is 4.79 Å². The van der Waals surface area contributed by atoms with Gasteiger partial charge in [-0.2, -0.15) is 0 Å². The summed E-state index contributed by atoms with van der Waals surface area (Å²) in [6, 6.07) is 0.165. The van der Waals surface area contributed by atoms with Crippen molar-refractivity contribution in [1.82, 2.24) is 5.32 Å². The molecule has 0 rings (SSSR count). The van der Waals surface area contributed by atoms with Crippen molar-refractivity contribution in [2.45, 2.75) is 33.2 Å². The second-order valence-electron chi connectivity index (χ2n) is 3.26. The molecular formula is C9H18N2O. The largest absolute Gasteiger partial charge is 0.370 e. The number of rotatable bonds is 5. The zero-order chi connectivity index (χ0) is 9.56. The summed E-state index contributed by atoms with van der Waals surface area (Å²) in [6.45, 7) is 6.83. The van der Waals surface area contributed by atoms with Gasteiger partial charge in [-0.15, -0.1) is 0 Å². The van der Waals surface area contributed by atoms with Crippen molar-refractivity contribution in [2.24, 2.45) is 5.73 Å². The van der Waals surface area contributed by atoms with E-state index in [1.54, 1.807) is 0 Å². The van der Waals surface area contributed by atoms with Crippen LogP contribution in [0.15, 0.2) is 11.6 Å². The van der Waals surface area contributed by atoms with Gasteiger partial charge in [-0.1, -0.05) is 11.6 Å². The van der Waals surface area contributed by atoms with Crippen molar-refractivity contribution in [3.63, 3.8) is 0 Å². The van der Waals surface area contributed by atoms with Crippen LogP contribution >= 0.6 is 0 Å². The van der Waals surface area contributed by atoms with Gasteiger partial charge in [0.05, 0.1) is 0 Å². The third-order valence-corrected chi connectivity index (χ3v) is 1.48. The molecule has 0 aliphatic heterocycles. The molecule has 0 fully saturated rings. The Morgan fingerprint density at radius 3 is 2.58 bits per heavy atom. The van der Waals surface area contributed by atoms with E-state index < -0.39 is 0 Å². The van der Waals surface area contributed by atoms with E-state index in [4.69, 9.17) is 5.73 Å². The first-order valence-electron chi connectivity index (χ1n) is 4.17. The van der Waals surface area contributed by atoms with E-state index in [-0.39, 0.29) is 11.9 Å². The molecule has 0 aliphatic carbocycles. The van der Waals surface area contributed by atoms with Crippen molar-refractivity contribution in [2.75, 3.05) is 6.54 Å². The molecule has 0 aromatic carbocycles. The van der Waals surface area contributed by atoms with Crippen molar-refractivity contribution in [3.8, 4) is 0 Å². The van der Waals surface area contributed by atoms with Crippen LogP contribution in [0, 0.1) is 0 Å². The Balaban J connectivity index is 3.50. The number of hydrogen-bond donors (Lipinski definition) is 2. The Morgan fingerprint density at radius 2 is 2.17 bits per heavy atom. The predicted molar refractivity (Wildman–Crippen MR) is 50.7 cm³/mol. The summed E-state index contributed by atoms with van der Waals surface area (Å²) in [5.74, 6) is -0.257. The smallest absolute Gasteiger partial charge is 0.218 e. The van der Waals surface area contributed by atoms with Gasteiger partial charge in [0.1, 0.15) is 0 Å². The number of amides is 1. The van der Waals surface area contributed by atoms with Gasteiger partial charge >= 0.3 is 0 Å². The first kappa shape index (κ1) is 11.2. The van der Waals surface area contributed by atoms with Crippen LogP contribution in [0.5, 0.6) is 0 Å². The highest BCUT2D eigenvalue weighted by Crippen LogP contribution is 1.90. The van der Waals surface area contributed by atoms with Crippen LogP contribution in [0.4, 0.5) is 0 Å². The van der Waals surface area contributed by atoms with Gasteiger partial charge in [0.25, 0.3) is 0 Å². The fourth-order valence-corrected chi connectivity index (χ4v) is 0.838. The molecule has 3 N–H and O–H groups in total. The Labute approximate surface area is 74.0 Å². The minimum absolute atomic E-state index is 0.165. The molecule has 12 heavy (non-hydrogen) atoms. The fourth-order valence-electron chi connectivity index (χ4n) is 0.838. The quantitative estimate of drug-likeness (QED) is 0.600. The maximum Gasteiger partial charge on any atom is 0.218 e. The monoisotopic (exact) mass is 170 g/mol. The van der Waals surface area contributed by atoms with Crippen LogP contribution in [0.1, 0.15) is 27.2 Å². The number of hydrogen-bond acceptors (Lipinski definition) is 2. The lowest BCUT2D eigenvalue weighted by molar-refractivity contribution is -0.118. The maximum absolute atomic E-state index is 10.5. The highest BCUT2D eigenvalue weighted by molar-refractivity contribution is 5.74. The zero-order valence-corrected chi connectivity index (χ0v) is 8.05. The number of allylic oxidation sites excluding steroid dienone is 1. The molecule has 3 heteroatoms. The van der Waals surface area contributed by atoms with E-state index in [0.717, 1.165) is 6.54 Å². The minimum Gasteiger partial charge on any atom is -0.370 e. The van der Waals surface area contributed by atoms with Gasteiger partial charge in [0.15, 0.2) is 0 Å². The number of primary amides is 1. The summed E-state index contributed by atoms with van der Waals surface area (Å²) in [5.41, 5.74) is 6.30. The average molecular weight is 170 g/mol. The normalized spacial score (nSPS) is 12.2. The summed E-state index contributed by atoms with van der Waals surface area (Å²) in [7, 11) is 0. The third-order valence-electron chi connectivity index (χ3n) is 1.48. The van der Waals surface area contributed by atoms with Gasteiger partial charge in [-0.05, 0) is 20.8 Å². The molecule has 0 radical (unpaired) electrons. The molecule has 1 amide bonds. The van der Waals surface area contributed by atoms with Crippen molar-refractivity contribution in [1.29, 1.82) is 0 Å². The van der Waals surface area contributed by atoms with E-state index in [1.165, 1.54) is 5.57 Å². The minimum atomic E-state index is -0.257.